The lowest BCUT2D eigenvalue weighted by Crippen LogP contribution is -2.39. The molecule has 4 atom stereocenters. The highest BCUT2D eigenvalue weighted by molar-refractivity contribution is 6.27. The number of nitro benzene ring substituents is 1. The molecule has 15 nitrogen and oxygen atoms in total. The number of aliphatic hydroxyl groups is 1. The standard InChI is InChI=1S/C38H30N6O9/c45-20-29-31(53-38(48)26-16-8-3-9-17-26)32(51-21-27-18-10-11-19-28(27)44(49)50)37(52-29)42-23-41-30-33(42)39-22-40-34(30)43(35(46)24-12-4-1-5-13-24)36(47)25-14-6-2-7-15-25/h1-19,22-23,29,31-32,37,45H,20-21H2/t29-,31-,32-,37-/m1/s1. The van der Waals surface area contributed by atoms with Crippen LogP contribution in [0.15, 0.2) is 128 Å². The summed E-state index contributed by atoms with van der Waals surface area (Å²) in [6.07, 6.45) is -2.19. The van der Waals surface area contributed by atoms with Crippen LogP contribution in [-0.2, 0) is 20.8 Å². The SMILES string of the molecule is O=C(O[C@H]1[C@@H](OCc2ccccc2[N+](=O)[O-])[C@H](n2cnc3c(N(C(=O)c4ccccc4)C(=O)c4ccccc4)ncnc32)O[C@@H]1CO)c1ccccc1. The summed E-state index contributed by atoms with van der Waals surface area (Å²) in [6.45, 7) is -0.886. The second-order valence-electron chi connectivity index (χ2n) is 11.8. The van der Waals surface area contributed by atoms with Crippen LogP contribution in [-0.4, -0.2) is 72.3 Å². The van der Waals surface area contributed by atoms with E-state index in [1.165, 1.54) is 29.1 Å². The highest BCUT2D eigenvalue weighted by atomic mass is 16.6. The van der Waals surface area contributed by atoms with Crippen molar-refractivity contribution in [1.29, 1.82) is 0 Å². The number of amides is 2. The first-order valence-electron chi connectivity index (χ1n) is 16.4. The highest BCUT2D eigenvalue weighted by Gasteiger charge is 2.49. The molecule has 6 aromatic rings. The van der Waals surface area contributed by atoms with Gasteiger partial charge in [0, 0.05) is 17.2 Å². The van der Waals surface area contributed by atoms with Gasteiger partial charge in [-0.2, -0.15) is 0 Å². The Morgan fingerprint density at radius 2 is 1.38 bits per heavy atom. The number of ether oxygens (including phenoxy) is 3. The smallest absolute Gasteiger partial charge is 0.338 e. The van der Waals surface area contributed by atoms with Crippen LogP contribution in [0.2, 0.25) is 0 Å². The van der Waals surface area contributed by atoms with Gasteiger partial charge in [0.05, 0.1) is 35.6 Å². The van der Waals surface area contributed by atoms with Gasteiger partial charge in [-0.1, -0.05) is 66.7 Å². The molecule has 15 heteroatoms. The summed E-state index contributed by atoms with van der Waals surface area (Å²) in [4.78, 5) is 66.7. The first kappa shape index (κ1) is 34.8. The number of carbonyl (C=O) groups excluding carboxylic acids is 3. The fourth-order valence-corrected chi connectivity index (χ4v) is 6.06. The van der Waals surface area contributed by atoms with E-state index >= 15 is 0 Å². The first-order valence-corrected chi connectivity index (χ1v) is 16.4. The number of nitrogens with zero attached hydrogens (tertiary/aromatic N) is 6. The quantitative estimate of drug-likeness (QED) is 0.0827. The number of aliphatic hydroxyl groups excluding tert-OH is 1. The fraction of sp³-hybridized carbons (Fsp3) is 0.158. The predicted octanol–water partition coefficient (Wildman–Crippen LogP) is 4.92. The van der Waals surface area contributed by atoms with Crippen molar-refractivity contribution in [2.24, 2.45) is 0 Å². The Morgan fingerprint density at radius 1 is 0.792 bits per heavy atom. The third-order valence-electron chi connectivity index (χ3n) is 8.61. The van der Waals surface area contributed by atoms with Crippen LogP contribution in [0.25, 0.3) is 11.2 Å². The predicted molar refractivity (Wildman–Crippen MR) is 188 cm³/mol. The van der Waals surface area contributed by atoms with Gasteiger partial charge in [0.15, 0.2) is 29.3 Å². The molecular weight excluding hydrogens is 684 g/mol. The van der Waals surface area contributed by atoms with E-state index < -0.39 is 53.9 Å². The minimum atomic E-state index is -1.21. The molecule has 0 aliphatic carbocycles. The summed E-state index contributed by atoms with van der Waals surface area (Å²) in [6, 6.07) is 30.7. The Hall–Kier alpha value is -6.68. The van der Waals surface area contributed by atoms with Gasteiger partial charge in [-0.25, -0.2) is 24.6 Å². The van der Waals surface area contributed by atoms with E-state index in [-0.39, 0.29) is 51.5 Å². The lowest BCUT2D eigenvalue weighted by Gasteiger charge is -2.25. The van der Waals surface area contributed by atoms with Crippen molar-refractivity contribution in [1.82, 2.24) is 19.5 Å². The van der Waals surface area contributed by atoms with Gasteiger partial charge in [0.2, 0.25) is 0 Å². The maximum Gasteiger partial charge on any atom is 0.338 e. The lowest BCUT2D eigenvalue weighted by atomic mass is 10.1. The van der Waals surface area contributed by atoms with Gasteiger partial charge in [-0.3, -0.25) is 24.3 Å². The molecule has 4 aromatic carbocycles. The van der Waals surface area contributed by atoms with Crippen molar-refractivity contribution in [2.75, 3.05) is 11.5 Å². The monoisotopic (exact) mass is 714 g/mol. The molecule has 7 rings (SSSR count). The maximum absolute atomic E-state index is 14.0. The van der Waals surface area contributed by atoms with E-state index in [4.69, 9.17) is 14.2 Å². The topological polar surface area (TPSA) is 189 Å². The van der Waals surface area contributed by atoms with Crippen molar-refractivity contribution >= 4 is 40.5 Å². The van der Waals surface area contributed by atoms with Crippen molar-refractivity contribution in [3.05, 3.63) is 160 Å². The molecule has 1 saturated heterocycles. The van der Waals surface area contributed by atoms with Crippen molar-refractivity contribution < 1.29 is 38.6 Å². The van der Waals surface area contributed by atoms with E-state index in [1.54, 1.807) is 97.1 Å². The molecule has 266 valence electrons. The largest absolute Gasteiger partial charge is 0.453 e. The van der Waals surface area contributed by atoms with Crippen LogP contribution < -0.4 is 4.90 Å². The molecule has 0 unspecified atom stereocenters. The molecule has 1 N–H and O–H groups in total. The number of nitro groups is 1. The molecule has 1 aliphatic rings. The zero-order chi connectivity index (χ0) is 36.9. The molecule has 0 bridgehead atoms. The number of carbonyl (C=O) groups is 3. The van der Waals surface area contributed by atoms with Crippen molar-refractivity contribution in [2.45, 2.75) is 31.1 Å². The van der Waals surface area contributed by atoms with Gasteiger partial charge in [0.1, 0.15) is 18.5 Å². The summed E-state index contributed by atoms with van der Waals surface area (Å²) in [5, 5.41) is 22.2. The number of esters is 1. The zero-order valence-corrected chi connectivity index (χ0v) is 27.7. The Kier molecular flexibility index (Phi) is 10.0. The number of imidazole rings is 1. The molecule has 2 aromatic heterocycles. The average Bonchev–Trinajstić information content (AvgIpc) is 3.79. The minimum absolute atomic E-state index is 0.0485. The number of anilines is 1. The summed E-state index contributed by atoms with van der Waals surface area (Å²) in [5.41, 5.74) is 0.897. The van der Waals surface area contributed by atoms with E-state index in [0.717, 1.165) is 11.2 Å². The number of fused-ring (bicyclic) bond motifs is 1. The van der Waals surface area contributed by atoms with E-state index in [2.05, 4.69) is 15.0 Å². The minimum Gasteiger partial charge on any atom is -0.453 e. The summed E-state index contributed by atoms with van der Waals surface area (Å²) < 4.78 is 19.9. The summed E-state index contributed by atoms with van der Waals surface area (Å²) in [7, 11) is 0. The first-order chi connectivity index (χ1) is 25.9. The molecule has 1 aliphatic heterocycles. The number of benzene rings is 4. The van der Waals surface area contributed by atoms with Crippen molar-refractivity contribution in [3.8, 4) is 0 Å². The maximum atomic E-state index is 14.0. The number of hydrogen-bond donors (Lipinski definition) is 1. The molecule has 2 amide bonds. The summed E-state index contributed by atoms with van der Waals surface area (Å²) >= 11 is 0. The average molecular weight is 715 g/mol. The van der Waals surface area contributed by atoms with Crippen molar-refractivity contribution in [3.63, 3.8) is 0 Å². The number of hydrogen-bond acceptors (Lipinski definition) is 12. The fourth-order valence-electron chi connectivity index (χ4n) is 6.06. The van der Waals surface area contributed by atoms with Crippen LogP contribution in [0.4, 0.5) is 11.5 Å². The number of aromatic nitrogens is 4. The van der Waals surface area contributed by atoms with Gasteiger partial charge in [-0.05, 0) is 42.5 Å². The van der Waals surface area contributed by atoms with Crippen LogP contribution in [0.1, 0.15) is 42.9 Å². The number of imide groups is 1. The lowest BCUT2D eigenvalue weighted by molar-refractivity contribution is -0.386. The summed E-state index contributed by atoms with van der Waals surface area (Å²) in [5.74, 6) is -2.15. The van der Waals surface area contributed by atoms with Crippen LogP contribution >= 0.6 is 0 Å². The zero-order valence-electron chi connectivity index (χ0n) is 27.7. The van der Waals surface area contributed by atoms with Crippen LogP contribution in [0.3, 0.4) is 0 Å². The van der Waals surface area contributed by atoms with Gasteiger partial charge >= 0.3 is 5.97 Å². The second-order valence-corrected chi connectivity index (χ2v) is 11.8. The Morgan fingerprint density at radius 3 is 1.98 bits per heavy atom. The Labute approximate surface area is 301 Å². The molecular formula is C38H30N6O9. The Balaban J connectivity index is 1.30. The van der Waals surface area contributed by atoms with Gasteiger partial charge in [-0.15, -0.1) is 0 Å². The molecule has 0 spiro atoms. The highest BCUT2D eigenvalue weighted by Crippen LogP contribution is 2.38. The van der Waals surface area contributed by atoms with E-state index in [0.29, 0.717) is 0 Å². The van der Waals surface area contributed by atoms with E-state index in [1.807, 2.05) is 0 Å². The number of rotatable bonds is 11. The normalized spacial score (nSPS) is 18.1. The van der Waals surface area contributed by atoms with Crippen LogP contribution in [0, 0.1) is 10.1 Å². The Bertz CT molecular complexity index is 2220. The number of para-hydroxylation sites is 1. The molecule has 53 heavy (non-hydrogen) atoms. The molecule has 0 saturated carbocycles. The second kappa shape index (κ2) is 15.3. The molecule has 1 fully saturated rings. The third kappa shape index (κ3) is 6.99. The molecule has 3 heterocycles. The van der Waals surface area contributed by atoms with E-state index in [9.17, 15) is 29.6 Å². The molecule has 0 radical (unpaired) electrons. The van der Waals surface area contributed by atoms with Crippen LogP contribution in [0.5, 0.6) is 0 Å². The van der Waals surface area contributed by atoms with Gasteiger partial charge in [0.25, 0.3) is 17.5 Å². The van der Waals surface area contributed by atoms with Gasteiger partial charge < -0.3 is 19.3 Å². The third-order valence-corrected chi connectivity index (χ3v) is 8.61.